The zero-order valence-electron chi connectivity index (χ0n) is 8.14. The summed E-state index contributed by atoms with van der Waals surface area (Å²) in [5.41, 5.74) is 2.73. The van der Waals surface area contributed by atoms with Gasteiger partial charge in [-0.05, 0) is 13.8 Å². The summed E-state index contributed by atoms with van der Waals surface area (Å²) in [5, 5.41) is 2.75. The number of benzene rings is 1. The minimum atomic E-state index is 0. The summed E-state index contributed by atoms with van der Waals surface area (Å²) < 4.78 is 0. The van der Waals surface area contributed by atoms with E-state index in [1.54, 1.807) is 0 Å². The van der Waals surface area contributed by atoms with Crippen LogP contribution in [0, 0.1) is 13.8 Å². The number of hydrogen-bond acceptors (Lipinski definition) is 0. The van der Waals surface area contributed by atoms with E-state index in [2.05, 4.69) is 44.2 Å². The van der Waals surface area contributed by atoms with Crippen molar-refractivity contribution in [1.82, 2.24) is 0 Å². The number of fused-ring (bicyclic) bond motifs is 1. The van der Waals surface area contributed by atoms with Crippen molar-refractivity contribution < 1.29 is 51.0 Å². The van der Waals surface area contributed by atoms with E-state index >= 15 is 0 Å². The molecule has 0 spiro atoms. The molecule has 2 aromatic rings. The summed E-state index contributed by atoms with van der Waals surface area (Å²) in [4.78, 5) is 0. The van der Waals surface area contributed by atoms with Crippen LogP contribution in [0.25, 0.3) is 10.8 Å². The Labute approximate surface area is 116 Å². The molecule has 0 aromatic heterocycles. The first-order valence-corrected chi connectivity index (χ1v) is 3.90. The predicted molar refractivity (Wildman–Crippen MR) is 49.0 cm³/mol. The molecule has 73 valence electrons. The van der Waals surface area contributed by atoms with Gasteiger partial charge in [0.1, 0.15) is 0 Å². The molecule has 0 aliphatic carbocycles. The molecule has 0 heterocycles. The van der Waals surface area contributed by atoms with Crippen LogP contribution in [-0.4, -0.2) is 0 Å². The maximum Gasteiger partial charge on any atom is 3.00 e. The Morgan fingerprint density at radius 3 is 2.36 bits per heavy atom. The molecular weight excluding hydrogens is 294 g/mol. The molecule has 0 unspecified atom stereocenters. The summed E-state index contributed by atoms with van der Waals surface area (Å²) in [5.74, 6) is 0. The van der Waals surface area contributed by atoms with Gasteiger partial charge in [-0.3, -0.25) is 0 Å². The maximum atomic E-state index is 2.22. The van der Waals surface area contributed by atoms with Crippen LogP contribution >= 0.6 is 0 Å². The molecule has 2 rings (SSSR count). The smallest absolute Gasteiger partial charge is 1.00 e. The molecule has 0 fully saturated rings. The molecule has 0 aliphatic rings. The second-order valence-corrected chi connectivity index (χ2v) is 3.11. The molecular formula is C11H11Cl2Zr. The Morgan fingerprint density at radius 2 is 1.71 bits per heavy atom. The fraction of sp³-hybridized carbons (Fsp3) is 0.182. The summed E-state index contributed by atoms with van der Waals surface area (Å²) in [6, 6.07) is 10.9. The summed E-state index contributed by atoms with van der Waals surface area (Å²) in [7, 11) is 0. The molecule has 0 saturated carbocycles. The number of rotatable bonds is 0. The standard InChI is InChI=1S/C11H11.2ClH.Zr/c1-8-6-9(2)11-5-3-4-10(11)7-8;;;/h3-7H,1-2H3;2*1H;/q-1;;;+3/p-2. The van der Waals surface area contributed by atoms with E-state index in [4.69, 9.17) is 0 Å². The second-order valence-electron chi connectivity index (χ2n) is 3.11. The van der Waals surface area contributed by atoms with Crippen LogP contribution in [0.5, 0.6) is 0 Å². The Bertz CT molecular complexity index is 393. The fourth-order valence-corrected chi connectivity index (χ4v) is 1.63. The van der Waals surface area contributed by atoms with Gasteiger partial charge in [-0.2, -0.15) is 12.1 Å². The molecule has 0 aliphatic heterocycles. The van der Waals surface area contributed by atoms with Crippen molar-refractivity contribution in [2.45, 2.75) is 13.8 Å². The van der Waals surface area contributed by atoms with Crippen LogP contribution in [0.15, 0.2) is 30.3 Å². The maximum absolute atomic E-state index is 2.22. The van der Waals surface area contributed by atoms with Gasteiger partial charge in [-0.25, -0.2) is 0 Å². The van der Waals surface area contributed by atoms with Crippen molar-refractivity contribution in [3.8, 4) is 0 Å². The molecule has 2 aromatic carbocycles. The molecule has 3 heteroatoms. The summed E-state index contributed by atoms with van der Waals surface area (Å²) >= 11 is 0. The van der Waals surface area contributed by atoms with Crippen molar-refractivity contribution in [2.75, 3.05) is 0 Å². The second kappa shape index (κ2) is 6.72. The van der Waals surface area contributed by atoms with E-state index < -0.39 is 0 Å². The summed E-state index contributed by atoms with van der Waals surface area (Å²) in [6.45, 7) is 4.30. The molecule has 0 atom stereocenters. The average molecular weight is 305 g/mol. The van der Waals surface area contributed by atoms with Crippen molar-refractivity contribution in [3.63, 3.8) is 0 Å². The zero-order valence-corrected chi connectivity index (χ0v) is 12.1. The minimum Gasteiger partial charge on any atom is -1.00 e. The van der Waals surface area contributed by atoms with E-state index in [0.717, 1.165) is 0 Å². The predicted octanol–water partition coefficient (Wildman–Crippen LogP) is -2.82. The van der Waals surface area contributed by atoms with Crippen molar-refractivity contribution in [2.24, 2.45) is 0 Å². The van der Waals surface area contributed by atoms with Gasteiger partial charge in [0.2, 0.25) is 0 Å². The Balaban J connectivity index is 0. The first-order chi connectivity index (χ1) is 5.27. The monoisotopic (exact) mass is 303 g/mol. The molecule has 14 heavy (non-hydrogen) atoms. The van der Waals surface area contributed by atoms with Gasteiger partial charge in [0.15, 0.2) is 0 Å². The van der Waals surface area contributed by atoms with Crippen LogP contribution in [-0.2, 0) is 26.2 Å². The average Bonchev–Trinajstić information content (AvgIpc) is 2.34. The number of halogens is 2. The van der Waals surface area contributed by atoms with Gasteiger partial charge in [-0.15, -0.1) is 22.9 Å². The third-order valence-corrected chi connectivity index (χ3v) is 2.10. The van der Waals surface area contributed by atoms with Crippen molar-refractivity contribution >= 4 is 10.8 Å². The van der Waals surface area contributed by atoms with Crippen LogP contribution in [0.1, 0.15) is 11.1 Å². The van der Waals surface area contributed by atoms with E-state index in [0.29, 0.717) is 0 Å². The van der Waals surface area contributed by atoms with E-state index in [-0.39, 0.29) is 51.0 Å². The minimum absolute atomic E-state index is 0. The van der Waals surface area contributed by atoms with Crippen LogP contribution in [0.4, 0.5) is 0 Å². The van der Waals surface area contributed by atoms with Gasteiger partial charge in [-0.1, -0.05) is 17.2 Å². The number of hydrogen-bond donors (Lipinski definition) is 0. The van der Waals surface area contributed by atoms with E-state index in [1.807, 2.05) is 0 Å². The van der Waals surface area contributed by atoms with Gasteiger partial charge in [0.05, 0.1) is 0 Å². The molecule has 0 nitrogen and oxygen atoms in total. The normalized spacial score (nSPS) is 8.43. The Morgan fingerprint density at radius 1 is 1.07 bits per heavy atom. The van der Waals surface area contributed by atoms with E-state index in [1.165, 1.54) is 21.9 Å². The number of aryl methyl sites for hydroxylation is 2. The first-order valence-electron chi connectivity index (χ1n) is 3.90. The zero-order chi connectivity index (χ0) is 7.84. The van der Waals surface area contributed by atoms with Gasteiger partial charge < -0.3 is 24.8 Å². The van der Waals surface area contributed by atoms with Crippen LogP contribution in [0.2, 0.25) is 0 Å². The molecule has 0 N–H and O–H groups in total. The fourth-order valence-electron chi connectivity index (χ4n) is 1.63. The van der Waals surface area contributed by atoms with Gasteiger partial charge >= 0.3 is 26.2 Å². The van der Waals surface area contributed by atoms with Gasteiger partial charge in [0, 0.05) is 0 Å². The van der Waals surface area contributed by atoms with Crippen molar-refractivity contribution in [3.05, 3.63) is 41.5 Å². The molecule has 0 amide bonds. The van der Waals surface area contributed by atoms with E-state index in [9.17, 15) is 0 Å². The molecule has 1 radical (unpaired) electrons. The van der Waals surface area contributed by atoms with Crippen LogP contribution < -0.4 is 24.8 Å². The third-order valence-electron chi connectivity index (χ3n) is 2.10. The third kappa shape index (κ3) is 3.15. The first kappa shape index (κ1) is 16.7. The topological polar surface area (TPSA) is 0 Å². The Hall–Kier alpha value is 0.293. The quantitative estimate of drug-likeness (QED) is 0.461. The largest absolute Gasteiger partial charge is 3.00 e. The Kier molecular flexibility index (Phi) is 8.02. The van der Waals surface area contributed by atoms with Crippen LogP contribution in [0.3, 0.4) is 0 Å². The molecule has 0 saturated heterocycles. The summed E-state index contributed by atoms with van der Waals surface area (Å²) in [6.07, 6.45) is 0. The SMILES string of the molecule is Cc1cc(C)c2cc[cH-]c2c1.[Cl-].[Cl-].[Zr+3]. The van der Waals surface area contributed by atoms with Gasteiger partial charge in [0.25, 0.3) is 0 Å². The van der Waals surface area contributed by atoms with Crippen molar-refractivity contribution in [1.29, 1.82) is 0 Å². The molecule has 0 bridgehead atoms.